The summed E-state index contributed by atoms with van der Waals surface area (Å²) in [7, 11) is 0. The van der Waals surface area contributed by atoms with E-state index >= 15 is 0 Å². The van der Waals surface area contributed by atoms with Crippen molar-refractivity contribution >= 4 is 17.8 Å². The molecule has 0 saturated carbocycles. The molecule has 180 valence electrons. The molecule has 2 amide bonds. The molecule has 4 atom stereocenters. The van der Waals surface area contributed by atoms with Gasteiger partial charge in [0.15, 0.2) is 0 Å². The number of hydrogen-bond donors (Lipinski definition) is 2. The SMILES string of the molecule is CCCCC1(C(=O)O)NC(c2ccc(Oc3ccccc3)cc2)C2C(=O)N(C(C)(C)C)C(=O)C21. The van der Waals surface area contributed by atoms with Crippen LogP contribution in [0.25, 0.3) is 0 Å². The Morgan fingerprint density at radius 1 is 1.03 bits per heavy atom. The van der Waals surface area contributed by atoms with Gasteiger partial charge in [0.2, 0.25) is 11.8 Å². The van der Waals surface area contributed by atoms with Gasteiger partial charge in [-0.3, -0.25) is 24.6 Å². The van der Waals surface area contributed by atoms with Gasteiger partial charge >= 0.3 is 5.97 Å². The minimum atomic E-state index is -1.49. The number of rotatable bonds is 7. The molecular weight excluding hydrogens is 432 g/mol. The zero-order valence-electron chi connectivity index (χ0n) is 20.1. The van der Waals surface area contributed by atoms with Crippen molar-refractivity contribution in [2.45, 2.75) is 64.1 Å². The number of benzene rings is 2. The number of imide groups is 1. The van der Waals surface area contributed by atoms with Crippen molar-refractivity contribution in [3.8, 4) is 11.5 Å². The molecule has 2 N–H and O–H groups in total. The molecule has 7 heteroatoms. The number of carbonyl (C=O) groups is 3. The fraction of sp³-hybridized carbons (Fsp3) is 0.444. The second kappa shape index (κ2) is 8.87. The first-order chi connectivity index (χ1) is 16.1. The van der Waals surface area contributed by atoms with Gasteiger partial charge in [0.05, 0.1) is 11.8 Å². The number of aliphatic carboxylic acids is 1. The van der Waals surface area contributed by atoms with Gasteiger partial charge in [0.1, 0.15) is 17.0 Å². The Bertz CT molecular complexity index is 1080. The molecule has 2 heterocycles. The van der Waals surface area contributed by atoms with Gasteiger partial charge in [-0.25, -0.2) is 0 Å². The molecule has 0 spiro atoms. The number of carboxylic acids is 1. The van der Waals surface area contributed by atoms with Crippen LogP contribution in [-0.2, 0) is 14.4 Å². The number of amides is 2. The highest BCUT2D eigenvalue weighted by molar-refractivity contribution is 6.10. The lowest BCUT2D eigenvalue weighted by atomic mass is 9.76. The third-order valence-corrected chi connectivity index (χ3v) is 6.85. The molecule has 2 saturated heterocycles. The van der Waals surface area contributed by atoms with Gasteiger partial charge in [-0.05, 0) is 57.0 Å². The molecule has 0 aliphatic carbocycles. The standard InChI is InChI=1S/C27H32N2O5/c1-5-6-16-27(25(32)33)21-20(23(30)29(24(21)31)26(2,3)4)22(28-27)17-12-14-19(15-13-17)34-18-10-8-7-9-11-18/h7-15,20-22,28H,5-6,16H2,1-4H3,(H,32,33). The molecule has 2 aromatic carbocycles. The van der Waals surface area contributed by atoms with Gasteiger partial charge in [0, 0.05) is 11.6 Å². The maximum atomic E-state index is 13.6. The summed E-state index contributed by atoms with van der Waals surface area (Å²) >= 11 is 0. The van der Waals surface area contributed by atoms with E-state index in [2.05, 4.69) is 5.32 Å². The van der Waals surface area contributed by atoms with Gasteiger partial charge < -0.3 is 9.84 Å². The predicted octanol–water partition coefficient (Wildman–Crippen LogP) is 4.54. The molecular formula is C27H32N2O5. The Morgan fingerprint density at radius 3 is 2.21 bits per heavy atom. The van der Waals surface area contributed by atoms with E-state index in [9.17, 15) is 19.5 Å². The zero-order valence-corrected chi connectivity index (χ0v) is 20.1. The summed E-state index contributed by atoms with van der Waals surface area (Å²) in [5.74, 6) is -2.20. The predicted molar refractivity (Wildman–Crippen MR) is 127 cm³/mol. The lowest BCUT2D eigenvalue weighted by molar-refractivity contribution is -0.154. The normalized spacial score (nSPS) is 26.6. The number of nitrogens with one attached hydrogen (secondary N) is 1. The quantitative estimate of drug-likeness (QED) is 0.584. The monoisotopic (exact) mass is 464 g/mol. The summed E-state index contributed by atoms with van der Waals surface area (Å²) in [4.78, 5) is 41.0. The summed E-state index contributed by atoms with van der Waals surface area (Å²) in [6.45, 7) is 7.39. The number of carbonyl (C=O) groups excluding carboxylic acids is 2. The number of ether oxygens (including phenoxy) is 1. The Labute approximate surface area is 200 Å². The Kier molecular flexibility index (Phi) is 6.25. The molecule has 2 aliphatic heterocycles. The average molecular weight is 465 g/mol. The molecule has 2 aliphatic rings. The van der Waals surface area contributed by atoms with Crippen LogP contribution < -0.4 is 10.1 Å². The van der Waals surface area contributed by atoms with E-state index < -0.39 is 40.8 Å². The zero-order chi connectivity index (χ0) is 24.7. The van der Waals surface area contributed by atoms with Crippen molar-refractivity contribution in [1.82, 2.24) is 10.2 Å². The Balaban J connectivity index is 1.72. The second-order valence-corrected chi connectivity index (χ2v) is 10.2. The molecule has 0 aromatic heterocycles. The minimum Gasteiger partial charge on any atom is -0.480 e. The van der Waals surface area contributed by atoms with E-state index in [4.69, 9.17) is 4.74 Å². The Morgan fingerprint density at radius 2 is 1.65 bits per heavy atom. The van der Waals surface area contributed by atoms with E-state index in [-0.39, 0.29) is 12.3 Å². The third-order valence-electron chi connectivity index (χ3n) is 6.85. The fourth-order valence-corrected chi connectivity index (χ4v) is 5.31. The van der Waals surface area contributed by atoms with Gasteiger partial charge in [0.25, 0.3) is 0 Å². The van der Waals surface area contributed by atoms with Gasteiger partial charge in [-0.1, -0.05) is 50.1 Å². The van der Waals surface area contributed by atoms with Crippen LogP contribution in [-0.4, -0.2) is 38.9 Å². The Hall–Kier alpha value is -3.19. The topological polar surface area (TPSA) is 95.9 Å². The molecule has 4 unspecified atom stereocenters. The van der Waals surface area contributed by atoms with E-state index in [1.807, 2.05) is 49.4 Å². The summed E-state index contributed by atoms with van der Waals surface area (Å²) in [6, 6.07) is 16.1. The lowest BCUT2D eigenvalue weighted by Crippen LogP contribution is -2.57. The number of nitrogens with zero attached hydrogens (tertiary/aromatic N) is 1. The van der Waals surface area contributed by atoms with Crippen LogP contribution in [0.1, 0.15) is 58.6 Å². The highest BCUT2D eigenvalue weighted by atomic mass is 16.5. The fourth-order valence-electron chi connectivity index (χ4n) is 5.31. The van der Waals surface area contributed by atoms with Crippen molar-refractivity contribution in [3.63, 3.8) is 0 Å². The van der Waals surface area contributed by atoms with Crippen molar-refractivity contribution in [2.75, 3.05) is 0 Å². The van der Waals surface area contributed by atoms with Crippen molar-refractivity contribution in [2.24, 2.45) is 11.8 Å². The van der Waals surface area contributed by atoms with Crippen LogP contribution >= 0.6 is 0 Å². The van der Waals surface area contributed by atoms with Crippen LogP contribution in [0.2, 0.25) is 0 Å². The number of para-hydroxylation sites is 1. The number of unbranched alkanes of at least 4 members (excludes halogenated alkanes) is 1. The highest BCUT2D eigenvalue weighted by Gasteiger charge is 2.69. The number of fused-ring (bicyclic) bond motifs is 1. The molecule has 0 bridgehead atoms. The molecule has 4 rings (SSSR count). The molecule has 2 fully saturated rings. The summed E-state index contributed by atoms with van der Waals surface area (Å²) in [5, 5.41) is 13.6. The second-order valence-electron chi connectivity index (χ2n) is 10.2. The largest absolute Gasteiger partial charge is 0.480 e. The average Bonchev–Trinajstić information content (AvgIpc) is 3.27. The van der Waals surface area contributed by atoms with Crippen LogP contribution in [0.4, 0.5) is 0 Å². The smallest absolute Gasteiger partial charge is 0.324 e. The third kappa shape index (κ3) is 3.98. The van der Waals surface area contributed by atoms with Gasteiger partial charge in [-0.2, -0.15) is 0 Å². The van der Waals surface area contributed by atoms with E-state index in [1.54, 1.807) is 32.9 Å². The van der Waals surface area contributed by atoms with Crippen molar-refractivity contribution in [3.05, 3.63) is 60.2 Å². The van der Waals surface area contributed by atoms with E-state index in [1.165, 1.54) is 4.90 Å². The number of carboxylic acid groups (broad SMARTS) is 1. The summed E-state index contributed by atoms with van der Waals surface area (Å²) < 4.78 is 5.87. The molecule has 34 heavy (non-hydrogen) atoms. The van der Waals surface area contributed by atoms with Crippen LogP contribution in [0.3, 0.4) is 0 Å². The molecule has 7 nitrogen and oxygen atoms in total. The maximum Gasteiger partial charge on any atom is 0.324 e. The summed E-state index contributed by atoms with van der Waals surface area (Å²) in [5.41, 5.74) is -1.46. The number of hydrogen-bond acceptors (Lipinski definition) is 5. The maximum absolute atomic E-state index is 13.6. The first kappa shape index (κ1) is 24.0. The van der Waals surface area contributed by atoms with E-state index in [0.29, 0.717) is 17.9 Å². The summed E-state index contributed by atoms with van der Waals surface area (Å²) in [6.07, 6.45) is 1.70. The lowest BCUT2D eigenvalue weighted by Gasteiger charge is -2.35. The van der Waals surface area contributed by atoms with Crippen LogP contribution in [0.5, 0.6) is 11.5 Å². The molecule has 2 aromatic rings. The first-order valence-electron chi connectivity index (χ1n) is 11.8. The first-order valence-corrected chi connectivity index (χ1v) is 11.8. The van der Waals surface area contributed by atoms with E-state index in [0.717, 1.165) is 12.0 Å². The van der Waals surface area contributed by atoms with Crippen molar-refractivity contribution in [1.29, 1.82) is 0 Å². The molecule has 0 radical (unpaired) electrons. The van der Waals surface area contributed by atoms with Gasteiger partial charge in [-0.15, -0.1) is 0 Å². The van der Waals surface area contributed by atoms with Crippen molar-refractivity contribution < 1.29 is 24.2 Å². The highest BCUT2D eigenvalue weighted by Crippen LogP contribution is 2.52. The number of likely N-dealkylation sites (tertiary alicyclic amines) is 1. The van der Waals surface area contributed by atoms with Crippen LogP contribution in [0, 0.1) is 11.8 Å². The minimum absolute atomic E-state index is 0.280. The van der Waals surface area contributed by atoms with Crippen LogP contribution in [0.15, 0.2) is 54.6 Å².